The number of carbonyl (C=O) groups is 2. The number of rotatable bonds is 4. The topological polar surface area (TPSA) is 90.5 Å². The largest absolute Gasteiger partial charge is 0.478 e. The highest BCUT2D eigenvalue weighted by molar-refractivity contribution is 7.80. The van der Waals surface area contributed by atoms with E-state index in [0.29, 0.717) is 5.69 Å². The first-order valence-electron chi connectivity index (χ1n) is 5.84. The Bertz CT molecular complexity index is 575. The van der Waals surface area contributed by atoms with Crippen molar-refractivity contribution in [3.8, 4) is 0 Å². The van der Waals surface area contributed by atoms with E-state index in [9.17, 15) is 9.59 Å². The zero-order chi connectivity index (χ0) is 16.9. The fraction of sp³-hybridized carbons (Fsp3) is 0.250. The van der Waals surface area contributed by atoms with Crippen LogP contribution >= 0.6 is 47.0 Å². The summed E-state index contributed by atoms with van der Waals surface area (Å²) < 4.78 is -1.81. The standard InChI is InChI=1S/C12H12Cl3N3O3S/c1-6(19)16-10(12(13,14)15)18-11(22)17-8-4-2-7(3-5-8)9(20)21/h2-5,10H,1H3,(H,16,19)(H,20,21)(H2,17,18,22). The molecule has 4 N–H and O–H groups in total. The highest BCUT2D eigenvalue weighted by atomic mass is 35.6. The van der Waals surface area contributed by atoms with E-state index in [1.807, 2.05) is 0 Å². The predicted molar refractivity (Wildman–Crippen MR) is 90.7 cm³/mol. The van der Waals surface area contributed by atoms with E-state index in [1.54, 1.807) is 0 Å². The Morgan fingerprint density at radius 3 is 2.14 bits per heavy atom. The SMILES string of the molecule is CC(=O)NC(NC(=S)Nc1ccc(C(=O)O)cc1)C(Cl)(Cl)Cl. The quantitative estimate of drug-likeness (QED) is 0.362. The van der Waals surface area contributed by atoms with Crippen molar-refractivity contribution in [2.24, 2.45) is 0 Å². The third kappa shape index (κ3) is 6.23. The van der Waals surface area contributed by atoms with Crippen LogP contribution in [0.4, 0.5) is 5.69 Å². The Balaban J connectivity index is 2.71. The fourth-order valence-electron chi connectivity index (χ4n) is 1.40. The summed E-state index contributed by atoms with van der Waals surface area (Å²) in [5.41, 5.74) is 0.676. The van der Waals surface area contributed by atoms with E-state index in [-0.39, 0.29) is 10.7 Å². The molecule has 0 saturated carbocycles. The molecule has 0 aliphatic carbocycles. The van der Waals surface area contributed by atoms with Gasteiger partial charge in [0.25, 0.3) is 0 Å². The lowest BCUT2D eigenvalue weighted by Gasteiger charge is -2.27. The number of hydrogen-bond donors (Lipinski definition) is 4. The molecule has 0 aliphatic rings. The summed E-state index contributed by atoms with van der Waals surface area (Å²) in [5.74, 6) is -1.44. The van der Waals surface area contributed by atoms with Gasteiger partial charge < -0.3 is 21.1 Å². The molecule has 6 nitrogen and oxygen atoms in total. The first kappa shape index (κ1) is 18.8. The highest BCUT2D eigenvalue weighted by Crippen LogP contribution is 2.29. The lowest BCUT2D eigenvalue weighted by molar-refractivity contribution is -0.119. The fourth-order valence-corrected chi connectivity index (χ4v) is 1.96. The number of halogens is 3. The van der Waals surface area contributed by atoms with Crippen LogP contribution in [0.2, 0.25) is 0 Å². The number of carboxylic acids is 1. The number of thiocarbonyl (C=S) groups is 1. The summed E-state index contributed by atoms with van der Waals surface area (Å²) in [6, 6.07) is 5.88. The Labute approximate surface area is 147 Å². The molecule has 0 heterocycles. The minimum atomic E-state index is -1.81. The Kier molecular flexibility index (Phi) is 6.67. The average Bonchev–Trinajstić information content (AvgIpc) is 2.36. The van der Waals surface area contributed by atoms with Gasteiger partial charge in [-0.15, -0.1) is 0 Å². The van der Waals surface area contributed by atoms with Crippen molar-refractivity contribution in [2.45, 2.75) is 16.9 Å². The maximum atomic E-state index is 11.1. The Morgan fingerprint density at radius 1 is 1.18 bits per heavy atom. The van der Waals surface area contributed by atoms with Gasteiger partial charge in [-0.25, -0.2) is 4.79 Å². The van der Waals surface area contributed by atoms with E-state index in [1.165, 1.54) is 31.2 Å². The van der Waals surface area contributed by atoms with Crippen LogP contribution in [0, 0.1) is 0 Å². The van der Waals surface area contributed by atoms with Crippen LogP contribution in [0.15, 0.2) is 24.3 Å². The smallest absolute Gasteiger partial charge is 0.335 e. The summed E-state index contributed by atoms with van der Waals surface area (Å²) in [7, 11) is 0. The van der Waals surface area contributed by atoms with Crippen molar-refractivity contribution in [3.63, 3.8) is 0 Å². The Hall–Kier alpha value is -1.28. The van der Waals surface area contributed by atoms with Crippen molar-refractivity contribution in [2.75, 3.05) is 5.32 Å². The number of nitrogens with one attached hydrogen (secondary N) is 3. The second-order valence-electron chi connectivity index (χ2n) is 4.16. The molecule has 1 atom stereocenters. The molecule has 120 valence electrons. The molecular weight excluding hydrogens is 373 g/mol. The molecule has 10 heteroatoms. The van der Waals surface area contributed by atoms with Crippen molar-refractivity contribution >= 4 is 69.7 Å². The molecule has 0 aromatic heterocycles. The van der Waals surface area contributed by atoms with Gasteiger partial charge in [0, 0.05) is 12.6 Å². The van der Waals surface area contributed by atoms with Crippen molar-refractivity contribution in [3.05, 3.63) is 29.8 Å². The highest BCUT2D eigenvalue weighted by Gasteiger charge is 2.33. The van der Waals surface area contributed by atoms with Gasteiger partial charge in [0.2, 0.25) is 9.70 Å². The van der Waals surface area contributed by atoms with E-state index < -0.39 is 21.8 Å². The molecule has 1 amide bonds. The number of carboxylic acid groups (broad SMARTS) is 1. The summed E-state index contributed by atoms with van der Waals surface area (Å²) in [6.07, 6.45) is -1.03. The number of carbonyl (C=O) groups excluding carboxylic acids is 1. The zero-order valence-electron chi connectivity index (χ0n) is 11.2. The number of amides is 1. The first-order chi connectivity index (χ1) is 10.1. The van der Waals surface area contributed by atoms with E-state index in [4.69, 9.17) is 52.1 Å². The zero-order valence-corrected chi connectivity index (χ0v) is 14.3. The summed E-state index contributed by atoms with van der Waals surface area (Å²) in [6.45, 7) is 1.27. The molecule has 1 rings (SSSR count). The lowest BCUT2D eigenvalue weighted by atomic mass is 10.2. The third-order valence-electron chi connectivity index (χ3n) is 2.34. The number of alkyl halides is 3. The molecule has 1 aromatic carbocycles. The molecule has 0 fully saturated rings. The van der Waals surface area contributed by atoms with E-state index in [0.717, 1.165) is 0 Å². The first-order valence-corrected chi connectivity index (χ1v) is 7.38. The van der Waals surface area contributed by atoms with Crippen LogP contribution < -0.4 is 16.0 Å². The number of anilines is 1. The second kappa shape index (κ2) is 7.82. The van der Waals surface area contributed by atoms with Gasteiger partial charge in [0.1, 0.15) is 6.17 Å². The molecule has 0 aliphatic heterocycles. The van der Waals surface area contributed by atoms with Gasteiger partial charge in [-0.3, -0.25) is 4.79 Å². The van der Waals surface area contributed by atoms with Gasteiger partial charge in [0.05, 0.1) is 5.56 Å². The van der Waals surface area contributed by atoms with Crippen LogP contribution in [-0.4, -0.2) is 32.1 Å². The van der Waals surface area contributed by atoms with Crippen LogP contribution in [-0.2, 0) is 4.79 Å². The molecule has 0 bridgehead atoms. The predicted octanol–water partition coefficient (Wildman–Crippen LogP) is 2.50. The maximum absolute atomic E-state index is 11.1. The normalized spacial score (nSPS) is 12.2. The molecular formula is C12H12Cl3N3O3S. The van der Waals surface area contributed by atoms with Crippen LogP contribution in [0.3, 0.4) is 0 Å². The van der Waals surface area contributed by atoms with Gasteiger partial charge >= 0.3 is 5.97 Å². The van der Waals surface area contributed by atoms with Crippen LogP contribution in [0.5, 0.6) is 0 Å². The van der Waals surface area contributed by atoms with Gasteiger partial charge in [-0.2, -0.15) is 0 Å². The number of aromatic carboxylic acids is 1. The molecule has 1 aromatic rings. The maximum Gasteiger partial charge on any atom is 0.335 e. The summed E-state index contributed by atoms with van der Waals surface area (Å²) >= 11 is 22.3. The Morgan fingerprint density at radius 2 is 1.73 bits per heavy atom. The van der Waals surface area contributed by atoms with Gasteiger partial charge in [-0.05, 0) is 36.5 Å². The lowest BCUT2D eigenvalue weighted by Crippen LogP contribution is -2.55. The summed E-state index contributed by atoms with van der Waals surface area (Å²) in [5, 5.41) is 16.7. The van der Waals surface area contributed by atoms with Crippen LogP contribution in [0.1, 0.15) is 17.3 Å². The number of hydrogen-bond acceptors (Lipinski definition) is 3. The molecule has 22 heavy (non-hydrogen) atoms. The molecule has 0 radical (unpaired) electrons. The number of benzene rings is 1. The van der Waals surface area contributed by atoms with Crippen LogP contribution in [0.25, 0.3) is 0 Å². The van der Waals surface area contributed by atoms with Crippen molar-refractivity contribution in [1.82, 2.24) is 10.6 Å². The van der Waals surface area contributed by atoms with Gasteiger partial charge in [0.15, 0.2) is 5.11 Å². The second-order valence-corrected chi connectivity index (χ2v) is 6.93. The third-order valence-corrected chi connectivity index (χ3v) is 3.21. The van der Waals surface area contributed by atoms with E-state index in [2.05, 4.69) is 16.0 Å². The van der Waals surface area contributed by atoms with Crippen molar-refractivity contribution < 1.29 is 14.7 Å². The van der Waals surface area contributed by atoms with Gasteiger partial charge in [-0.1, -0.05) is 34.8 Å². The average molecular weight is 385 g/mol. The van der Waals surface area contributed by atoms with E-state index >= 15 is 0 Å². The molecule has 1 unspecified atom stereocenters. The molecule has 0 spiro atoms. The summed E-state index contributed by atoms with van der Waals surface area (Å²) in [4.78, 5) is 21.8. The monoisotopic (exact) mass is 383 g/mol. The van der Waals surface area contributed by atoms with Crippen molar-refractivity contribution in [1.29, 1.82) is 0 Å². The molecule has 0 saturated heterocycles. The minimum absolute atomic E-state index is 0.0909. The minimum Gasteiger partial charge on any atom is -0.478 e.